The summed E-state index contributed by atoms with van der Waals surface area (Å²) in [6, 6.07) is 0. The Morgan fingerprint density at radius 1 is 0.773 bits per heavy atom. The maximum Gasteiger partial charge on any atom is 0.330 e. The number of esters is 3. The highest BCUT2D eigenvalue weighted by atomic mass is 16.6. The Kier molecular flexibility index (Phi) is 18.4. The lowest BCUT2D eigenvalue weighted by Gasteiger charge is -2.35. The molecule has 14 nitrogen and oxygen atoms in total. The van der Waals surface area contributed by atoms with Crippen LogP contribution in [-0.4, -0.2) is 58.8 Å². The van der Waals surface area contributed by atoms with Gasteiger partial charge in [-0.15, -0.1) is 0 Å². The molecule has 2 aromatic heterocycles. The molecule has 0 aliphatic rings. The predicted molar refractivity (Wildman–Crippen MR) is 151 cm³/mol. The van der Waals surface area contributed by atoms with Gasteiger partial charge < -0.3 is 34.0 Å². The van der Waals surface area contributed by atoms with Gasteiger partial charge in [-0.2, -0.15) is 0 Å². The molecule has 0 saturated carbocycles. The van der Waals surface area contributed by atoms with Crippen molar-refractivity contribution in [2.75, 3.05) is 19.8 Å². The minimum absolute atomic E-state index is 0.539. The largest absolute Gasteiger partial charge is 0.550 e. The van der Waals surface area contributed by atoms with Crippen LogP contribution >= 0.6 is 0 Å². The molecule has 2 heterocycles. The maximum absolute atomic E-state index is 11.4. The normalized spacial score (nSPS) is 10.8. The summed E-state index contributed by atoms with van der Waals surface area (Å²) in [5.41, 5.74) is -1.60. The van der Waals surface area contributed by atoms with Crippen molar-refractivity contribution in [3.63, 3.8) is 0 Å². The van der Waals surface area contributed by atoms with E-state index in [0.717, 1.165) is 31.3 Å². The van der Waals surface area contributed by atoms with Crippen LogP contribution < -0.4 is 19.3 Å². The lowest BCUT2D eigenvalue weighted by atomic mass is 9.79. The molecule has 0 saturated heterocycles. The van der Waals surface area contributed by atoms with E-state index in [4.69, 9.17) is 14.2 Å². The standard InChI is InChI=1S/C18H22O10.2C6H11N2/c1-4-14(21)26-9-18(10-27-15(22)5-2,11-28-16(23)6-3)8-12(17(24)25)7-13(19)20;2*1-3-8-5-4-7(2)6-8/h4-6,12H,1-3,7-11H2,(H,19,20)(H,24,25);2*4-6H,3H2,1-2H3/q;2*+1/p-2. The summed E-state index contributed by atoms with van der Waals surface area (Å²) >= 11 is 0. The van der Waals surface area contributed by atoms with Crippen LogP contribution in [0.5, 0.6) is 0 Å². The molecule has 0 aliphatic heterocycles. The number of aliphatic carboxylic acids is 2. The summed E-state index contributed by atoms with van der Waals surface area (Å²) in [6.07, 6.45) is 13.3. The molecule has 44 heavy (non-hydrogen) atoms. The fourth-order valence-corrected chi connectivity index (χ4v) is 3.49. The van der Waals surface area contributed by atoms with E-state index in [2.05, 4.69) is 67.8 Å². The number of carbonyl (C=O) groups excluding carboxylic acids is 5. The Morgan fingerprint density at radius 2 is 1.14 bits per heavy atom. The second-order valence-electron chi connectivity index (χ2n) is 9.55. The van der Waals surface area contributed by atoms with E-state index in [9.17, 15) is 34.2 Å². The topological polar surface area (TPSA) is 177 Å². The molecule has 0 fully saturated rings. The molecule has 2 aromatic rings. The second-order valence-corrected chi connectivity index (χ2v) is 9.55. The molecule has 0 N–H and O–H groups in total. The number of ether oxygens (including phenoxy) is 3. The number of carboxylic acid groups (broad SMARTS) is 2. The highest BCUT2D eigenvalue weighted by Gasteiger charge is 2.38. The van der Waals surface area contributed by atoms with Crippen LogP contribution in [0.2, 0.25) is 0 Å². The first kappa shape index (κ1) is 39.0. The zero-order valence-corrected chi connectivity index (χ0v) is 25.7. The van der Waals surface area contributed by atoms with Gasteiger partial charge in [0, 0.05) is 36.1 Å². The molecule has 1 unspecified atom stereocenters. The van der Waals surface area contributed by atoms with Crippen molar-refractivity contribution in [1.29, 1.82) is 0 Å². The van der Waals surface area contributed by atoms with Gasteiger partial charge in [0.05, 0.1) is 32.6 Å². The fourth-order valence-electron chi connectivity index (χ4n) is 3.49. The summed E-state index contributed by atoms with van der Waals surface area (Å²) in [4.78, 5) is 56.4. The number of imidazole rings is 2. The molecular weight excluding hydrogens is 576 g/mol. The number of carboxylic acids is 2. The van der Waals surface area contributed by atoms with Gasteiger partial charge in [-0.25, -0.2) is 32.7 Å². The van der Waals surface area contributed by atoms with Crippen LogP contribution in [0.3, 0.4) is 0 Å². The lowest BCUT2D eigenvalue weighted by Crippen LogP contribution is -2.45. The molecule has 242 valence electrons. The zero-order chi connectivity index (χ0) is 33.7. The van der Waals surface area contributed by atoms with Crippen molar-refractivity contribution in [2.24, 2.45) is 25.4 Å². The van der Waals surface area contributed by atoms with Crippen molar-refractivity contribution < 1.29 is 57.5 Å². The smallest absolute Gasteiger partial charge is 0.330 e. The van der Waals surface area contributed by atoms with E-state index in [1.54, 1.807) is 0 Å². The third kappa shape index (κ3) is 16.4. The highest BCUT2D eigenvalue weighted by molar-refractivity contribution is 5.82. The second kappa shape index (κ2) is 20.8. The van der Waals surface area contributed by atoms with E-state index in [0.29, 0.717) is 0 Å². The van der Waals surface area contributed by atoms with Crippen LogP contribution in [0.15, 0.2) is 75.4 Å². The van der Waals surface area contributed by atoms with Gasteiger partial charge in [0.15, 0.2) is 0 Å². The molecule has 1 atom stereocenters. The monoisotopic (exact) mass is 618 g/mol. The van der Waals surface area contributed by atoms with E-state index in [1.165, 1.54) is 0 Å². The van der Waals surface area contributed by atoms with Gasteiger partial charge in [-0.1, -0.05) is 19.7 Å². The van der Waals surface area contributed by atoms with Crippen LogP contribution in [0, 0.1) is 11.3 Å². The lowest BCUT2D eigenvalue weighted by molar-refractivity contribution is -0.671. The molecule has 14 heteroatoms. The number of aromatic nitrogens is 4. The Morgan fingerprint density at radius 3 is 1.34 bits per heavy atom. The van der Waals surface area contributed by atoms with Gasteiger partial charge in [0.25, 0.3) is 0 Å². The summed E-state index contributed by atoms with van der Waals surface area (Å²) < 4.78 is 23.0. The minimum atomic E-state index is -1.73. The van der Waals surface area contributed by atoms with Crippen molar-refractivity contribution in [2.45, 2.75) is 39.8 Å². The number of rotatable bonds is 16. The fraction of sp³-hybridized carbons (Fsp3) is 0.433. The van der Waals surface area contributed by atoms with Gasteiger partial charge in [-0.05, 0) is 26.7 Å². The van der Waals surface area contributed by atoms with E-state index in [-0.39, 0.29) is 0 Å². The highest BCUT2D eigenvalue weighted by Crippen LogP contribution is 2.30. The number of nitrogens with zero attached hydrogens (tertiary/aromatic N) is 4. The molecule has 0 aliphatic carbocycles. The van der Waals surface area contributed by atoms with Crippen molar-refractivity contribution in [3.05, 3.63) is 75.4 Å². The van der Waals surface area contributed by atoms with Gasteiger partial charge in [0.1, 0.15) is 44.6 Å². The van der Waals surface area contributed by atoms with Gasteiger partial charge >= 0.3 is 17.9 Å². The quantitative estimate of drug-likeness (QED) is 0.0953. The zero-order valence-electron chi connectivity index (χ0n) is 25.7. The van der Waals surface area contributed by atoms with Gasteiger partial charge in [0.2, 0.25) is 12.7 Å². The third-order valence-electron chi connectivity index (χ3n) is 5.87. The average molecular weight is 619 g/mol. The Hall–Kier alpha value is -5.01. The minimum Gasteiger partial charge on any atom is -0.550 e. The third-order valence-corrected chi connectivity index (χ3v) is 5.87. The molecule has 0 radical (unpaired) electrons. The van der Waals surface area contributed by atoms with Gasteiger partial charge in [-0.3, -0.25) is 0 Å². The molecular formula is C30H42N4O10. The number of aryl methyl sites for hydroxylation is 4. The van der Waals surface area contributed by atoms with Crippen molar-refractivity contribution in [1.82, 2.24) is 9.13 Å². The van der Waals surface area contributed by atoms with E-state index in [1.807, 2.05) is 35.6 Å². The average Bonchev–Trinajstić information content (AvgIpc) is 3.64. The first-order valence-corrected chi connectivity index (χ1v) is 13.5. The first-order valence-electron chi connectivity index (χ1n) is 13.5. The van der Waals surface area contributed by atoms with E-state index < -0.39 is 73.8 Å². The maximum atomic E-state index is 11.4. The SMILES string of the molecule is C=CC(=O)OCC(COC(=O)C=C)(COC(=O)C=C)CC(CC(=O)[O-])C(=O)[O-].CCn1cc[n+](C)c1.CCn1cc[n+](C)c1. The molecule has 0 bridgehead atoms. The summed E-state index contributed by atoms with van der Waals surface area (Å²) in [6.45, 7) is 14.2. The summed E-state index contributed by atoms with van der Waals surface area (Å²) in [5.74, 6) is -7.68. The molecule has 2 rings (SSSR count). The van der Waals surface area contributed by atoms with Crippen LogP contribution in [0.25, 0.3) is 0 Å². The van der Waals surface area contributed by atoms with E-state index >= 15 is 0 Å². The molecule has 0 aromatic carbocycles. The summed E-state index contributed by atoms with van der Waals surface area (Å²) in [7, 11) is 4.04. The van der Waals surface area contributed by atoms with Crippen LogP contribution in [0.1, 0.15) is 26.7 Å². The number of hydrogen-bond donors (Lipinski definition) is 0. The Bertz CT molecular complexity index is 1160. The number of carbonyl (C=O) groups is 5. The Balaban J connectivity index is 0.000000917. The van der Waals surface area contributed by atoms with Crippen LogP contribution in [0.4, 0.5) is 0 Å². The van der Waals surface area contributed by atoms with Crippen molar-refractivity contribution >= 4 is 29.8 Å². The number of hydrogen-bond acceptors (Lipinski definition) is 10. The summed E-state index contributed by atoms with van der Waals surface area (Å²) in [5, 5.41) is 22.2. The predicted octanol–water partition coefficient (Wildman–Crippen LogP) is -1.28. The van der Waals surface area contributed by atoms with Crippen molar-refractivity contribution in [3.8, 4) is 0 Å². The molecule has 0 amide bonds. The molecule has 0 spiro atoms. The Labute approximate surface area is 257 Å². The van der Waals surface area contributed by atoms with Crippen LogP contribution in [-0.2, 0) is 65.4 Å². The first-order chi connectivity index (χ1) is 20.7.